The first kappa shape index (κ1) is 15.0. The van der Waals surface area contributed by atoms with Crippen molar-refractivity contribution < 1.29 is 29.3 Å². The summed E-state index contributed by atoms with van der Waals surface area (Å²) < 4.78 is 9.68. The average Bonchev–Trinajstić information content (AvgIpc) is 2.16. The van der Waals surface area contributed by atoms with Crippen molar-refractivity contribution in [2.75, 3.05) is 7.11 Å². The first-order valence-electron chi connectivity index (χ1n) is 4.82. The van der Waals surface area contributed by atoms with Crippen LogP contribution in [0, 0.1) is 0 Å². The van der Waals surface area contributed by atoms with Crippen molar-refractivity contribution >= 4 is 12.3 Å². The molecule has 16 heavy (non-hydrogen) atoms. The molecule has 3 unspecified atom stereocenters. The first-order valence-corrected chi connectivity index (χ1v) is 4.82. The van der Waals surface area contributed by atoms with Gasteiger partial charge in [-0.1, -0.05) is 0 Å². The van der Waals surface area contributed by atoms with Crippen LogP contribution in [0.25, 0.3) is 0 Å². The molecule has 2 N–H and O–H groups in total. The molecule has 0 aromatic rings. The second-order valence-corrected chi connectivity index (χ2v) is 3.77. The highest BCUT2D eigenvalue weighted by Gasteiger charge is 2.54. The lowest BCUT2D eigenvalue weighted by Gasteiger charge is -2.43. The molecule has 3 atom stereocenters. The molecule has 0 saturated heterocycles. The highest BCUT2D eigenvalue weighted by Crippen LogP contribution is 2.33. The minimum Gasteiger partial charge on any atom is -0.427 e. The predicted molar refractivity (Wildman–Crippen MR) is 54.5 cm³/mol. The Morgan fingerprint density at radius 2 is 2.06 bits per heavy atom. The zero-order chi connectivity index (χ0) is 13.0. The Hall–Kier alpha value is -0.980. The zero-order valence-electron chi connectivity index (χ0n) is 9.89. The topological polar surface area (TPSA) is 93.1 Å². The maximum Gasteiger partial charge on any atom is 0.305 e. The number of methoxy groups -OCH3 is 1. The van der Waals surface area contributed by atoms with Gasteiger partial charge in [-0.25, -0.2) is 0 Å². The van der Waals surface area contributed by atoms with Crippen LogP contribution in [0.1, 0.15) is 27.2 Å². The summed E-state index contributed by atoms with van der Waals surface area (Å²) in [6, 6.07) is 0. The van der Waals surface area contributed by atoms with Crippen LogP contribution in [-0.4, -0.2) is 47.1 Å². The third-order valence-corrected chi connectivity index (χ3v) is 2.55. The number of hydrogen-bond acceptors (Lipinski definition) is 6. The lowest BCUT2D eigenvalue weighted by Crippen LogP contribution is -2.62. The van der Waals surface area contributed by atoms with Gasteiger partial charge < -0.3 is 24.5 Å². The van der Waals surface area contributed by atoms with E-state index < -0.39 is 23.5 Å². The van der Waals surface area contributed by atoms with E-state index in [0.717, 1.165) is 6.92 Å². The summed E-state index contributed by atoms with van der Waals surface area (Å²) in [6.45, 7) is 3.70. The highest BCUT2D eigenvalue weighted by atomic mass is 16.7. The van der Waals surface area contributed by atoms with Gasteiger partial charge in [0.2, 0.25) is 0 Å². The van der Waals surface area contributed by atoms with Crippen LogP contribution < -0.4 is 0 Å². The number of esters is 1. The number of ether oxygens (including phenoxy) is 2. The van der Waals surface area contributed by atoms with E-state index in [1.165, 1.54) is 21.0 Å². The summed E-state index contributed by atoms with van der Waals surface area (Å²) in [6.07, 6.45) is -1.11. The third-order valence-electron chi connectivity index (χ3n) is 2.55. The third kappa shape index (κ3) is 2.78. The van der Waals surface area contributed by atoms with Gasteiger partial charge in [-0.15, -0.1) is 0 Å². The van der Waals surface area contributed by atoms with Crippen molar-refractivity contribution in [3.63, 3.8) is 0 Å². The molecule has 0 spiro atoms. The fourth-order valence-corrected chi connectivity index (χ4v) is 1.39. The van der Waals surface area contributed by atoms with Gasteiger partial charge in [-0.3, -0.25) is 4.79 Å². The molecule has 0 fully saturated rings. The van der Waals surface area contributed by atoms with Crippen molar-refractivity contribution in [3.05, 3.63) is 0 Å². The summed E-state index contributed by atoms with van der Waals surface area (Å²) in [7, 11) is 1.25. The Kier molecular flexibility index (Phi) is 5.05. The van der Waals surface area contributed by atoms with Crippen molar-refractivity contribution in [2.45, 2.75) is 44.7 Å². The second kappa shape index (κ2) is 5.38. The van der Waals surface area contributed by atoms with Gasteiger partial charge in [-0.05, 0) is 13.8 Å². The molecule has 0 amide bonds. The zero-order valence-corrected chi connectivity index (χ0v) is 9.89. The van der Waals surface area contributed by atoms with Gasteiger partial charge in [0.25, 0.3) is 5.79 Å². The quantitative estimate of drug-likeness (QED) is 0.369. The van der Waals surface area contributed by atoms with E-state index in [1.807, 2.05) is 0 Å². The van der Waals surface area contributed by atoms with E-state index in [1.54, 1.807) is 0 Å². The second-order valence-electron chi connectivity index (χ2n) is 3.77. The number of hydrogen-bond donors (Lipinski definition) is 2. The van der Waals surface area contributed by atoms with Crippen LogP contribution in [0.15, 0.2) is 0 Å². The minimum atomic E-state index is -2.27. The molecule has 0 aromatic carbocycles. The number of carbonyl (C=O) groups is 2. The number of aldehydes is 1. The molecule has 0 heterocycles. The maximum absolute atomic E-state index is 10.9. The van der Waals surface area contributed by atoms with E-state index >= 15 is 0 Å². The molecule has 94 valence electrons. The lowest BCUT2D eigenvalue weighted by atomic mass is 9.88. The standard InChI is InChI=1S/C10H18O6/c1-7(12)10(14,16-8(2)13)9(3,15-4)5-6-11/h6-7,12,14H,5H2,1-4H3. The first-order chi connectivity index (χ1) is 7.23. The van der Waals surface area contributed by atoms with Crippen LogP contribution in [0.2, 0.25) is 0 Å². The van der Waals surface area contributed by atoms with Crippen LogP contribution >= 0.6 is 0 Å². The molecule has 0 radical (unpaired) electrons. The van der Waals surface area contributed by atoms with Crippen LogP contribution in [0.4, 0.5) is 0 Å². The fraction of sp³-hybridized carbons (Fsp3) is 0.800. The van der Waals surface area contributed by atoms with Gasteiger partial charge in [0, 0.05) is 20.5 Å². The van der Waals surface area contributed by atoms with Crippen molar-refractivity contribution in [1.82, 2.24) is 0 Å². The van der Waals surface area contributed by atoms with Gasteiger partial charge in [0.1, 0.15) is 18.0 Å². The minimum absolute atomic E-state index is 0.224. The molecule has 6 nitrogen and oxygen atoms in total. The van der Waals surface area contributed by atoms with Gasteiger partial charge in [0.15, 0.2) is 0 Å². The number of aliphatic hydroxyl groups excluding tert-OH is 1. The summed E-state index contributed by atoms with van der Waals surface area (Å²) in [5, 5.41) is 19.6. The number of aliphatic hydroxyl groups is 2. The highest BCUT2D eigenvalue weighted by molar-refractivity contribution is 5.66. The molecule has 0 aliphatic heterocycles. The SMILES string of the molecule is COC(C)(CC=O)C(O)(OC(C)=O)C(C)O. The summed E-state index contributed by atoms with van der Waals surface area (Å²) in [4.78, 5) is 21.4. The molecule has 6 heteroatoms. The Morgan fingerprint density at radius 1 is 1.56 bits per heavy atom. The Morgan fingerprint density at radius 3 is 2.31 bits per heavy atom. The van der Waals surface area contributed by atoms with E-state index in [2.05, 4.69) is 0 Å². The normalized spacial score (nSPS) is 20.4. The molecule has 0 aliphatic rings. The lowest BCUT2D eigenvalue weighted by molar-refractivity contribution is -0.318. The van der Waals surface area contributed by atoms with Gasteiger partial charge in [0.05, 0.1) is 0 Å². The monoisotopic (exact) mass is 234 g/mol. The summed E-state index contributed by atoms with van der Waals surface area (Å²) >= 11 is 0. The fourth-order valence-electron chi connectivity index (χ4n) is 1.39. The molecule has 0 rings (SSSR count). The molecule has 0 bridgehead atoms. The van der Waals surface area contributed by atoms with Crippen LogP contribution in [0.5, 0.6) is 0 Å². The van der Waals surface area contributed by atoms with Crippen molar-refractivity contribution in [2.24, 2.45) is 0 Å². The maximum atomic E-state index is 10.9. The van der Waals surface area contributed by atoms with Crippen molar-refractivity contribution in [1.29, 1.82) is 0 Å². The Bertz CT molecular complexity index is 264. The van der Waals surface area contributed by atoms with Crippen LogP contribution in [0.3, 0.4) is 0 Å². The molecular formula is C10H18O6. The Labute approximate surface area is 94.2 Å². The Balaban J connectivity index is 5.28. The van der Waals surface area contributed by atoms with E-state index in [-0.39, 0.29) is 6.42 Å². The average molecular weight is 234 g/mol. The van der Waals surface area contributed by atoms with Gasteiger partial charge >= 0.3 is 5.97 Å². The molecular weight excluding hydrogens is 216 g/mol. The number of rotatable bonds is 6. The van der Waals surface area contributed by atoms with E-state index in [9.17, 15) is 19.8 Å². The van der Waals surface area contributed by atoms with E-state index in [4.69, 9.17) is 9.47 Å². The van der Waals surface area contributed by atoms with E-state index in [0.29, 0.717) is 6.29 Å². The largest absolute Gasteiger partial charge is 0.427 e. The van der Waals surface area contributed by atoms with Crippen molar-refractivity contribution in [3.8, 4) is 0 Å². The predicted octanol–water partition coefficient (Wildman–Crippen LogP) is -0.387. The molecule has 0 aromatic heterocycles. The van der Waals surface area contributed by atoms with Crippen LogP contribution in [-0.2, 0) is 19.1 Å². The summed E-state index contributed by atoms with van der Waals surface area (Å²) in [5.41, 5.74) is -1.51. The number of carbonyl (C=O) groups excluding carboxylic acids is 2. The molecule has 0 saturated carbocycles. The smallest absolute Gasteiger partial charge is 0.305 e. The summed E-state index contributed by atoms with van der Waals surface area (Å²) in [5.74, 6) is -3.05. The van der Waals surface area contributed by atoms with Gasteiger partial charge in [-0.2, -0.15) is 0 Å². The molecule has 0 aliphatic carbocycles.